The fourth-order valence-corrected chi connectivity index (χ4v) is 1.62. The Morgan fingerprint density at radius 3 is 2.67 bits per heavy atom. The summed E-state index contributed by atoms with van der Waals surface area (Å²) in [6.07, 6.45) is 0. The number of carbonyl (C=O) groups excluding carboxylic acids is 1. The highest BCUT2D eigenvalue weighted by molar-refractivity contribution is 14.1. The second-order valence-corrected chi connectivity index (χ2v) is 4.54. The molecule has 0 saturated carbocycles. The Hall–Kier alpha value is -0.850. The zero-order chi connectivity index (χ0) is 11.4. The minimum atomic E-state index is -0.311. The number of nitrogens with one attached hydrogen (secondary N) is 2. The molecule has 2 N–H and O–H groups in total. The molecule has 15 heavy (non-hydrogen) atoms. The maximum absolute atomic E-state index is 12.8. The SMILES string of the molecule is CC(C)NC(=O)Nc1ccc(F)cc1I. The third kappa shape index (κ3) is 4.03. The molecule has 0 fully saturated rings. The average molecular weight is 322 g/mol. The summed E-state index contributed by atoms with van der Waals surface area (Å²) in [5, 5.41) is 5.33. The Labute approximate surface area is 102 Å². The van der Waals surface area contributed by atoms with Gasteiger partial charge in [-0.3, -0.25) is 0 Å². The summed E-state index contributed by atoms with van der Waals surface area (Å²) in [4.78, 5) is 11.3. The van der Waals surface area contributed by atoms with Crippen LogP contribution < -0.4 is 10.6 Å². The lowest BCUT2D eigenvalue weighted by atomic mass is 10.3. The van der Waals surface area contributed by atoms with E-state index in [2.05, 4.69) is 10.6 Å². The smallest absolute Gasteiger partial charge is 0.319 e. The van der Waals surface area contributed by atoms with Gasteiger partial charge in [0.05, 0.1) is 5.69 Å². The maximum Gasteiger partial charge on any atom is 0.319 e. The van der Waals surface area contributed by atoms with Crippen molar-refractivity contribution in [2.45, 2.75) is 19.9 Å². The molecule has 0 heterocycles. The van der Waals surface area contributed by atoms with E-state index in [1.165, 1.54) is 18.2 Å². The van der Waals surface area contributed by atoms with Gasteiger partial charge >= 0.3 is 6.03 Å². The van der Waals surface area contributed by atoms with Crippen LogP contribution in [0.1, 0.15) is 13.8 Å². The summed E-state index contributed by atoms with van der Waals surface area (Å²) >= 11 is 1.97. The first-order chi connectivity index (χ1) is 6.99. The zero-order valence-electron chi connectivity index (χ0n) is 8.47. The van der Waals surface area contributed by atoms with Gasteiger partial charge in [-0.25, -0.2) is 9.18 Å². The number of halogens is 2. The van der Waals surface area contributed by atoms with Gasteiger partial charge in [0.15, 0.2) is 0 Å². The van der Waals surface area contributed by atoms with Crippen molar-refractivity contribution in [3.8, 4) is 0 Å². The van der Waals surface area contributed by atoms with Gasteiger partial charge in [-0.05, 0) is 54.6 Å². The lowest BCUT2D eigenvalue weighted by Gasteiger charge is -2.11. The molecular weight excluding hydrogens is 310 g/mol. The van der Waals surface area contributed by atoms with Crippen LogP contribution in [-0.2, 0) is 0 Å². The van der Waals surface area contributed by atoms with Gasteiger partial charge < -0.3 is 10.6 Å². The number of hydrogen-bond acceptors (Lipinski definition) is 1. The largest absolute Gasteiger partial charge is 0.336 e. The van der Waals surface area contributed by atoms with E-state index in [-0.39, 0.29) is 17.9 Å². The molecule has 82 valence electrons. The van der Waals surface area contributed by atoms with Gasteiger partial charge in [0.1, 0.15) is 5.82 Å². The summed E-state index contributed by atoms with van der Waals surface area (Å²) in [5.74, 6) is -0.311. The molecule has 1 aromatic carbocycles. The predicted molar refractivity (Wildman–Crippen MR) is 66.4 cm³/mol. The van der Waals surface area contributed by atoms with Crippen LogP contribution in [0.3, 0.4) is 0 Å². The fraction of sp³-hybridized carbons (Fsp3) is 0.300. The molecule has 0 aliphatic rings. The van der Waals surface area contributed by atoms with E-state index >= 15 is 0 Å². The number of hydrogen-bond donors (Lipinski definition) is 2. The Morgan fingerprint density at radius 2 is 2.13 bits per heavy atom. The number of rotatable bonds is 2. The molecule has 5 heteroatoms. The molecular formula is C10H12FIN2O. The Morgan fingerprint density at radius 1 is 1.47 bits per heavy atom. The first-order valence-corrected chi connectivity index (χ1v) is 5.59. The van der Waals surface area contributed by atoms with Crippen LogP contribution in [-0.4, -0.2) is 12.1 Å². The molecule has 0 atom stereocenters. The van der Waals surface area contributed by atoms with E-state index in [0.29, 0.717) is 9.26 Å². The van der Waals surface area contributed by atoms with Crippen LogP contribution in [0.5, 0.6) is 0 Å². The van der Waals surface area contributed by atoms with Gasteiger partial charge in [-0.1, -0.05) is 0 Å². The Bertz CT molecular complexity index is 368. The molecule has 0 aromatic heterocycles. The average Bonchev–Trinajstić information content (AvgIpc) is 2.08. The van der Waals surface area contributed by atoms with E-state index in [4.69, 9.17) is 0 Å². The van der Waals surface area contributed by atoms with Crippen LogP contribution in [0.25, 0.3) is 0 Å². The van der Waals surface area contributed by atoms with Crippen LogP contribution in [0.4, 0.5) is 14.9 Å². The third-order valence-corrected chi connectivity index (χ3v) is 2.49. The highest BCUT2D eigenvalue weighted by Crippen LogP contribution is 2.18. The standard InChI is InChI=1S/C10H12FIN2O/c1-6(2)13-10(15)14-9-4-3-7(11)5-8(9)12/h3-6H,1-2H3,(H2,13,14,15). The van der Waals surface area contributed by atoms with E-state index < -0.39 is 0 Å². The first kappa shape index (κ1) is 12.2. The van der Waals surface area contributed by atoms with Gasteiger partial charge in [0.2, 0.25) is 0 Å². The van der Waals surface area contributed by atoms with Crippen LogP contribution in [0, 0.1) is 9.39 Å². The molecule has 1 rings (SSSR count). The Kier molecular flexibility index (Phi) is 4.31. The van der Waals surface area contributed by atoms with E-state index in [1.54, 1.807) is 0 Å². The highest BCUT2D eigenvalue weighted by atomic mass is 127. The first-order valence-electron chi connectivity index (χ1n) is 4.51. The van der Waals surface area contributed by atoms with E-state index in [9.17, 15) is 9.18 Å². The minimum absolute atomic E-state index is 0.0723. The van der Waals surface area contributed by atoms with E-state index in [0.717, 1.165) is 0 Å². The number of benzene rings is 1. The fourth-order valence-electron chi connectivity index (χ4n) is 1.01. The highest BCUT2D eigenvalue weighted by Gasteiger charge is 2.06. The van der Waals surface area contributed by atoms with Crippen molar-refractivity contribution in [1.29, 1.82) is 0 Å². The zero-order valence-corrected chi connectivity index (χ0v) is 10.6. The molecule has 0 bridgehead atoms. The lowest BCUT2D eigenvalue weighted by Crippen LogP contribution is -2.34. The molecule has 2 amide bonds. The predicted octanol–water partition coefficient (Wildman–Crippen LogP) is 2.96. The van der Waals surface area contributed by atoms with Crippen LogP contribution in [0.2, 0.25) is 0 Å². The second-order valence-electron chi connectivity index (χ2n) is 3.38. The van der Waals surface area contributed by atoms with Crippen molar-refractivity contribution in [1.82, 2.24) is 5.32 Å². The summed E-state index contributed by atoms with van der Waals surface area (Å²) in [7, 11) is 0. The van der Waals surface area contributed by atoms with Crippen molar-refractivity contribution < 1.29 is 9.18 Å². The van der Waals surface area contributed by atoms with Gasteiger partial charge in [0, 0.05) is 9.61 Å². The van der Waals surface area contributed by atoms with Gasteiger partial charge in [-0.15, -0.1) is 0 Å². The van der Waals surface area contributed by atoms with Crippen LogP contribution in [0.15, 0.2) is 18.2 Å². The molecule has 0 radical (unpaired) electrons. The van der Waals surface area contributed by atoms with Crippen molar-refractivity contribution in [3.63, 3.8) is 0 Å². The normalized spacial score (nSPS) is 10.2. The number of amides is 2. The summed E-state index contributed by atoms with van der Waals surface area (Å²) in [6.45, 7) is 3.74. The van der Waals surface area contributed by atoms with E-state index in [1.807, 2.05) is 36.4 Å². The van der Waals surface area contributed by atoms with Crippen LogP contribution >= 0.6 is 22.6 Å². The lowest BCUT2D eigenvalue weighted by molar-refractivity contribution is 0.250. The van der Waals surface area contributed by atoms with Gasteiger partial charge in [0.25, 0.3) is 0 Å². The van der Waals surface area contributed by atoms with Gasteiger partial charge in [-0.2, -0.15) is 0 Å². The topological polar surface area (TPSA) is 41.1 Å². The summed E-state index contributed by atoms with van der Waals surface area (Å²) in [5.41, 5.74) is 0.607. The van der Waals surface area contributed by atoms with Crippen molar-refractivity contribution in [3.05, 3.63) is 27.6 Å². The monoisotopic (exact) mass is 322 g/mol. The second kappa shape index (κ2) is 5.29. The molecule has 0 spiro atoms. The van der Waals surface area contributed by atoms with Crippen molar-refractivity contribution in [2.24, 2.45) is 0 Å². The summed E-state index contributed by atoms with van der Waals surface area (Å²) in [6, 6.07) is 4.01. The molecule has 1 aromatic rings. The Balaban J connectivity index is 2.68. The number of anilines is 1. The molecule has 0 aliphatic heterocycles. The van der Waals surface area contributed by atoms with Crippen molar-refractivity contribution in [2.75, 3.05) is 5.32 Å². The maximum atomic E-state index is 12.8. The molecule has 0 aliphatic carbocycles. The summed E-state index contributed by atoms with van der Waals surface area (Å²) < 4.78 is 13.4. The number of urea groups is 1. The molecule has 0 saturated heterocycles. The minimum Gasteiger partial charge on any atom is -0.336 e. The quantitative estimate of drug-likeness (QED) is 0.808. The third-order valence-electron chi connectivity index (χ3n) is 1.60. The molecule has 0 unspecified atom stereocenters. The number of carbonyl (C=O) groups is 1. The molecule has 3 nitrogen and oxygen atoms in total. The van der Waals surface area contributed by atoms with Crippen molar-refractivity contribution >= 4 is 34.3 Å².